The number of rotatable bonds is 5. The highest BCUT2D eigenvalue weighted by Gasteiger charge is 2.04. The molecule has 1 nitrogen and oxygen atoms in total. The lowest BCUT2D eigenvalue weighted by atomic mass is 10.1. The van der Waals surface area contributed by atoms with Crippen LogP contribution in [0.25, 0.3) is 0 Å². The number of halogens is 2. The second-order valence-corrected chi connectivity index (χ2v) is 5.67. The summed E-state index contributed by atoms with van der Waals surface area (Å²) in [4.78, 5) is 0.906. The normalized spacial score (nSPS) is 10.7. The van der Waals surface area contributed by atoms with Crippen LogP contribution in [-0.4, -0.2) is 6.54 Å². The van der Waals surface area contributed by atoms with Crippen molar-refractivity contribution in [1.82, 2.24) is 0 Å². The smallest absolute Gasteiger partial charge is 0.124 e. The van der Waals surface area contributed by atoms with Gasteiger partial charge in [0.1, 0.15) is 5.82 Å². The van der Waals surface area contributed by atoms with E-state index in [1.807, 2.05) is 30.3 Å². The van der Waals surface area contributed by atoms with Crippen molar-refractivity contribution in [3.05, 3.63) is 64.4 Å². The summed E-state index contributed by atoms with van der Waals surface area (Å²) in [5, 5.41) is 0.744. The fourth-order valence-corrected chi connectivity index (χ4v) is 3.08. The van der Waals surface area contributed by atoms with Gasteiger partial charge in [0, 0.05) is 15.7 Å². The van der Waals surface area contributed by atoms with Crippen molar-refractivity contribution in [1.29, 1.82) is 0 Å². The quantitative estimate of drug-likeness (QED) is 0.834. The van der Waals surface area contributed by atoms with Crippen molar-refractivity contribution in [3.63, 3.8) is 0 Å². The van der Waals surface area contributed by atoms with E-state index in [1.54, 1.807) is 17.8 Å². The molecule has 0 unspecified atom stereocenters. The van der Waals surface area contributed by atoms with Crippen LogP contribution in [0, 0.1) is 5.82 Å². The molecular formula is C15H15ClFNS. The minimum Gasteiger partial charge on any atom is -0.330 e. The molecule has 0 spiro atoms. The van der Waals surface area contributed by atoms with Crippen molar-refractivity contribution in [2.24, 2.45) is 5.73 Å². The van der Waals surface area contributed by atoms with Gasteiger partial charge in [-0.3, -0.25) is 0 Å². The third-order valence-corrected chi connectivity index (χ3v) is 4.11. The van der Waals surface area contributed by atoms with Gasteiger partial charge in [0.25, 0.3) is 0 Å². The lowest BCUT2D eigenvalue weighted by Crippen LogP contribution is -2.03. The van der Waals surface area contributed by atoms with E-state index < -0.39 is 0 Å². The lowest BCUT2D eigenvalue weighted by Gasteiger charge is -2.07. The second-order valence-electron chi connectivity index (χ2n) is 4.21. The molecule has 0 bridgehead atoms. The van der Waals surface area contributed by atoms with E-state index in [9.17, 15) is 4.39 Å². The summed E-state index contributed by atoms with van der Waals surface area (Å²) in [6, 6.07) is 12.8. The zero-order chi connectivity index (χ0) is 13.7. The Morgan fingerprint density at radius 2 is 1.95 bits per heavy atom. The molecular weight excluding hydrogens is 281 g/mol. The molecule has 4 heteroatoms. The molecule has 2 N–H and O–H groups in total. The lowest BCUT2D eigenvalue weighted by molar-refractivity contribution is 0.621. The van der Waals surface area contributed by atoms with Gasteiger partial charge in [0.2, 0.25) is 0 Å². The van der Waals surface area contributed by atoms with Gasteiger partial charge in [-0.15, -0.1) is 11.8 Å². The zero-order valence-electron chi connectivity index (χ0n) is 10.4. The third-order valence-electron chi connectivity index (χ3n) is 2.72. The van der Waals surface area contributed by atoms with Gasteiger partial charge in [-0.2, -0.15) is 0 Å². The number of hydrogen-bond donors (Lipinski definition) is 1. The molecule has 0 aliphatic carbocycles. The Kier molecular flexibility index (Phi) is 5.25. The average Bonchev–Trinajstić information content (AvgIpc) is 2.37. The van der Waals surface area contributed by atoms with E-state index in [0.29, 0.717) is 13.0 Å². The molecule has 0 aliphatic heterocycles. The molecule has 0 saturated carbocycles. The summed E-state index contributed by atoms with van der Waals surface area (Å²) in [5.74, 6) is 0.512. The monoisotopic (exact) mass is 295 g/mol. The van der Waals surface area contributed by atoms with Gasteiger partial charge in [0.05, 0.1) is 0 Å². The average molecular weight is 296 g/mol. The van der Waals surface area contributed by atoms with Crippen LogP contribution in [0.5, 0.6) is 0 Å². The van der Waals surface area contributed by atoms with Crippen LogP contribution in [-0.2, 0) is 12.2 Å². The first-order valence-corrected chi connectivity index (χ1v) is 7.41. The summed E-state index contributed by atoms with van der Waals surface area (Å²) in [6.45, 7) is 0.526. The van der Waals surface area contributed by atoms with Crippen molar-refractivity contribution in [2.45, 2.75) is 17.1 Å². The van der Waals surface area contributed by atoms with E-state index in [0.717, 1.165) is 26.8 Å². The number of thioether (sulfide) groups is 1. The van der Waals surface area contributed by atoms with Crippen molar-refractivity contribution >= 4 is 23.4 Å². The second kappa shape index (κ2) is 6.94. The number of hydrogen-bond acceptors (Lipinski definition) is 2. The molecule has 0 saturated heterocycles. The van der Waals surface area contributed by atoms with E-state index in [2.05, 4.69) is 0 Å². The molecule has 19 heavy (non-hydrogen) atoms. The minimum absolute atomic E-state index is 0.215. The van der Waals surface area contributed by atoms with Gasteiger partial charge in [-0.1, -0.05) is 29.8 Å². The van der Waals surface area contributed by atoms with Crippen LogP contribution in [0.15, 0.2) is 47.4 Å². The molecule has 0 aromatic heterocycles. The molecule has 2 aromatic rings. The highest BCUT2D eigenvalue weighted by atomic mass is 35.5. The van der Waals surface area contributed by atoms with Crippen LogP contribution in [0.4, 0.5) is 4.39 Å². The SMILES string of the molecule is NCCc1cc(F)cc(SCc2ccccc2Cl)c1. The van der Waals surface area contributed by atoms with Crippen LogP contribution in [0.2, 0.25) is 5.02 Å². The van der Waals surface area contributed by atoms with Crippen molar-refractivity contribution < 1.29 is 4.39 Å². The van der Waals surface area contributed by atoms with Crippen molar-refractivity contribution in [3.8, 4) is 0 Å². The van der Waals surface area contributed by atoms with E-state index in [-0.39, 0.29) is 5.82 Å². The van der Waals surface area contributed by atoms with Gasteiger partial charge >= 0.3 is 0 Å². The Bertz CT molecular complexity index is 560. The molecule has 2 rings (SSSR count). The highest BCUT2D eigenvalue weighted by molar-refractivity contribution is 7.98. The van der Waals surface area contributed by atoms with Gasteiger partial charge in [-0.25, -0.2) is 4.39 Å². The molecule has 100 valence electrons. The molecule has 0 amide bonds. The molecule has 0 atom stereocenters. The third kappa shape index (κ3) is 4.23. The predicted octanol–water partition coefficient (Wildman–Crippen LogP) is 4.27. The Labute approximate surface area is 122 Å². The first kappa shape index (κ1) is 14.4. The van der Waals surface area contributed by atoms with Crippen LogP contribution in [0.3, 0.4) is 0 Å². The Morgan fingerprint density at radius 3 is 2.68 bits per heavy atom. The van der Waals surface area contributed by atoms with E-state index >= 15 is 0 Å². The molecule has 0 heterocycles. The van der Waals surface area contributed by atoms with Gasteiger partial charge in [-0.05, 0) is 48.4 Å². The molecule has 0 aliphatic rings. The Hall–Kier alpha value is -1.03. The zero-order valence-corrected chi connectivity index (χ0v) is 12.0. The maximum absolute atomic E-state index is 13.5. The first-order valence-electron chi connectivity index (χ1n) is 6.05. The summed E-state index contributed by atoms with van der Waals surface area (Å²) >= 11 is 7.68. The maximum atomic E-state index is 13.5. The molecule has 0 fully saturated rings. The van der Waals surface area contributed by atoms with Crippen molar-refractivity contribution in [2.75, 3.05) is 6.54 Å². The fraction of sp³-hybridized carbons (Fsp3) is 0.200. The summed E-state index contributed by atoms with van der Waals surface area (Å²) in [7, 11) is 0. The number of nitrogens with two attached hydrogens (primary N) is 1. The Morgan fingerprint density at radius 1 is 1.16 bits per heavy atom. The fourth-order valence-electron chi connectivity index (χ4n) is 1.79. The topological polar surface area (TPSA) is 26.0 Å². The standard InChI is InChI=1S/C15H15ClFNS/c16-15-4-2-1-3-12(15)10-19-14-8-11(5-6-18)7-13(17)9-14/h1-4,7-9H,5-6,10,18H2. The van der Waals surface area contributed by atoms with Crippen LogP contribution in [0.1, 0.15) is 11.1 Å². The predicted molar refractivity (Wildman–Crippen MR) is 80.2 cm³/mol. The molecule has 0 radical (unpaired) electrons. The Balaban J connectivity index is 2.09. The van der Waals surface area contributed by atoms with E-state index in [1.165, 1.54) is 6.07 Å². The number of benzene rings is 2. The summed E-state index contributed by atoms with van der Waals surface area (Å²) in [6.07, 6.45) is 0.692. The van der Waals surface area contributed by atoms with Crippen LogP contribution < -0.4 is 5.73 Å². The van der Waals surface area contributed by atoms with Gasteiger partial charge in [0.15, 0.2) is 0 Å². The minimum atomic E-state index is -0.215. The summed E-state index contributed by atoms with van der Waals surface area (Å²) in [5.41, 5.74) is 7.49. The van der Waals surface area contributed by atoms with E-state index in [4.69, 9.17) is 17.3 Å². The van der Waals surface area contributed by atoms with Crippen LogP contribution >= 0.6 is 23.4 Å². The van der Waals surface area contributed by atoms with Gasteiger partial charge < -0.3 is 5.73 Å². The largest absolute Gasteiger partial charge is 0.330 e. The first-order chi connectivity index (χ1) is 9.19. The summed E-state index contributed by atoms with van der Waals surface area (Å²) < 4.78 is 13.5. The highest BCUT2D eigenvalue weighted by Crippen LogP contribution is 2.27. The molecule has 2 aromatic carbocycles. The maximum Gasteiger partial charge on any atom is 0.124 e.